The average molecular weight is 704 g/mol. The van der Waals surface area contributed by atoms with Crippen molar-refractivity contribution in [3.63, 3.8) is 0 Å². The van der Waals surface area contributed by atoms with Crippen LogP contribution in [0.4, 0.5) is 0 Å². The number of nitrogens with zero attached hydrogens (tertiary/aromatic N) is 3. The Labute approximate surface area is 314 Å². The zero-order valence-electron chi connectivity index (χ0n) is 29.4. The lowest BCUT2D eigenvalue weighted by Gasteiger charge is -2.09. The smallest absolute Gasteiger partial charge is 0.231 e. The largest absolute Gasteiger partial charge is 0.456 e. The van der Waals surface area contributed by atoms with Crippen LogP contribution in [0.15, 0.2) is 185 Å². The summed E-state index contributed by atoms with van der Waals surface area (Å²) in [5.41, 5.74) is 11.4. The third-order valence-corrected chi connectivity index (χ3v) is 11.0. The van der Waals surface area contributed by atoms with Gasteiger partial charge in [-0.3, -0.25) is 0 Å². The number of furan rings is 2. The zero-order chi connectivity index (χ0) is 36.0. The van der Waals surface area contributed by atoms with E-state index in [1.54, 1.807) is 0 Å². The van der Waals surface area contributed by atoms with E-state index in [1.807, 2.05) is 48.5 Å². The number of fused-ring (bicyclic) bond motifs is 10. The van der Waals surface area contributed by atoms with Crippen molar-refractivity contribution in [1.82, 2.24) is 14.5 Å². The van der Waals surface area contributed by atoms with Crippen molar-refractivity contribution in [2.75, 3.05) is 0 Å². The molecule has 0 saturated heterocycles. The van der Waals surface area contributed by atoms with Crippen LogP contribution in [-0.2, 0) is 0 Å². The molecule has 0 N–H and O–H groups in total. The van der Waals surface area contributed by atoms with Crippen LogP contribution in [-0.4, -0.2) is 14.5 Å². The van der Waals surface area contributed by atoms with Gasteiger partial charge in [0.15, 0.2) is 5.82 Å². The second kappa shape index (κ2) is 11.5. The first-order valence-corrected chi connectivity index (χ1v) is 18.5. The Bertz CT molecular complexity index is 3480. The van der Waals surface area contributed by atoms with Crippen molar-refractivity contribution in [3.8, 4) is 39.5 Å². The Hall–Kier alpha value is -7.50. The number of rotatable bonds is 4. The normalized spacial score (nSPS) is 12.0. The van der Waals surface area contributed by atoms with Gasteiger partial charge in [-0.15, -0.1) is 0 Å². The highest BCUT2D eigenvalue weighted by atomic mass is 16.3. The third kappa shape index (κ3) is 4.53. The summed E-state index contributed by atoms with van der Waals surface area (Å²) in [7, 11) is 0. The van der Waals surface area contributed by atoms with Gasteiger partial charge in [0.2, 0.25) is 5.71 Å². The lowest BCUT2D eigenvalue weighted by Crippen LogP contribution is -1.94. The lowest BCUT2D eigenvalue weighted by molar-refractivity contribution is 0.653. The van der Waals surface area contributed by atoms with Crippen molar-refractivity contribution in [1.29, 1.82) is 0 Å². The number of aromatic nitrogens is 3. The van der Waals surface area contributed by atoms with E-state index < -0.39 is 0 Å². The molecular formula is C50H29N3O2. The molecule has 4 aromatic heterocycles. The van der Waals surface area contributed by atoms with Crippen molar-refractivity contribution in [2.45, 2.75) is 0 Å². The summed E-state index contributed by atoms with van der Waals surface area (Å²) < 4.78 is 15.2. The maximum atomic E-state index is 6.59. The van der Waals surface area contributed by atoms with Gasteiger partial charge in [0.1, 0.15) is 16.7 Å². The predicted molar refractivity (Wildman–Crippen MR) is 225 cm³/mol. The second-order valence-corrected chi connectivity index (χ2v) is 14.2. The molecule has 0 amide bonds. The number of para-hydroxylation sites is 2. The number of hydrogen-bond donors (Lipinski definition) is 0. The molecule has 256 valence electrons. The van der Waals surface area contributed by atoms with E-state index in [4.69, 9.17) is 18.8 Å². The molecule has 0 aliphatic rings. The average Bonchev–Trinajstić information content (AvgIpc) is 3.92. The summed E-state index contributed by atoms with van der Waals surface area (Å²) in [5.74, 6) is 0.593. The van der Waals surface area contributed by atoms with Crippen LogP contribution in [0.1, 0.15) is 0 Å². The molecule has 0 bridgehead atoms. The molecule has 0 aliphatic carbocycles. The van der Waals surface area contributed by atoms with E-state index in [9.17, 15) is 0 Å². The summed E-state index contributed by atoms with van der Waals surface area (Å²) in [4.78, 5) is 10.4. The van der Waals surface area contributed by atoms with Gasteiger partial charge in [0.05, 0.1) is 22.1 Å². The molecule has 4 heterocycles. The van der Waals surface area contributed by atoms with Gasteiger partial charge in [-0.2, -0.15) is 4.98 Å². The van der Waals surface area contributed by atoms with Crippen molar-refractivity contribution in [2.24, 2.45) is 0 Å². The van der Waals surface area contributed by atoms with Gasteiger partial charge in [0.25, 0.3) is 0 Å². The van der Waals surface area contributed by atoms with Crippen molar-refractivity contribution < 1.29 is 8.83 Å². The second-order valence-electron chi connectivity index (χ2n) is 14.2. The Balaban J connectivity index is 1.08. The van der Waals surface area contributed by atoms with E-state index >= 15 is 0 Å². The van der Waals surface area contributed by atoms with E-state index in [1.165, 1.54) is 32.6 Å². The maximum Gasteiger partial charge on any atom is 0.231 e. The lowest BCUT2D eigenvalue weighted by atomic mass is 9.99. The molecule has 12 aromatic rings. The molecular weight excluding hydrogens is 675 g/mol. The molecule has 5 heteroatoms. The molecule has 0 aliphatic heterocycles. The summed E-state index contributed by atoms with van der Waals surface area (Å²) in [5, 5.41) is 8.77. The van der Waals surface area contributed by atoms with Gasteiger partial charge < -0.3 is 13.4 Å². The Morgan fingerprint density at radius 1 is 0.400 bits per heavy atom. The Morgan fingerprint density at radius 3 is 1.93 bits per heavy atom. The summed E-state index contributed by atoms with van der Waals surface area (Å²) in [6, 6.07) is 61.6. The van der Waals surface area contributed by atoms with Crippen LogP contribution in [0, 0.1) is 0 Å². The van der Waals surface area contributed by atoms with Gasteiger partial charge in [-0.1, -0.05) is 115 Å². The minimum atomic E-state index is 0.550. The first kappa shape index (κ1) is 30.0. The molecule has 55 heavy (non-hydrogen) atoms. The fourth-order valence-corrected chi connectivity index (χ4v) is 8.48. The standard InChI is InChI=1S/C50H29N3O2/c1-3-12-30(13-4-1)48-47-40-28-34(23-25-44(40)55-50(47)52-49(51-48)37-19-11-21-45-46(37)36-18-9-10-20-43(36)54-45)33-22-24-41-38(27-33)39-26-31-14-7-8-15-32(31)29-42(39)53(41)35-16-5-2-6-17-35/h1-29H. The molecule has 12 rings (SSSR count). The van der Waals surface area contributed by atoms with E-state index in [-0.39, 0.29) is 0 Å². The fourth-order valence-electron chi connectivity index (χ4n) is 8.48. The summed E-state index contributed by atoms with van der Waals surface area (Å²) in [6.07, 6.45) is 0. The molecule has 8 aromatic carbocycles. The Kier molecular flexibility index (Phi) is 6.27. The van der Waals surface area contributed by atoms with Crippen LogP contribution in [0.25, 0.3) is 116 Å². The van der Waals surface area contributed by atoms with E-state index in [2.05, 4.69) is 132 Å². The molecule has 0 unspecified atom stereocenters. The van der Waals surface area contributed by atoms with Gasteiger partial charge in [0, 0.05) is 43.7 Å². The molecule has 0 saturated carbocycles. The van der Waals surface area contributed by atoms with Gasteiger partial charge in [-0.25, -0.2) is 4.98 Å². The monoisotopic (exact) mass is 703 g/mol. The first-order valence-electron chi connectivity index (χ1n) is 18.5. The van der Waals surface area contributed by atoms with Crippen LogP contribution in [0.2, 0.25) is 0 Å². The number of hydrogen-bond acceptors (Lipinski definition) is 4. The van der Waals surface area contributed by atoms with Crippen LogP contribution >= 0.6 is 0 Å². The molecule has 0 radical (unpaired) electrons. The van der Waals surface area contributed by atoms with Crippen LogP contribution < -0.4 is 0 Å². The summed E-state index contributed by atoms with van der Waals surface area (Å²) >= 11 is 0. The molecule has 0 spiro atoms. The van der Waals surface area contributed by atoms with Crippen LogP contribution in [0.5, 0.6) is 0 Å². The quantitative estimate of drug-likeness (QED) is 0.183. The SMILES string of the molecule is c1ccc(-c2nc(-c3cccc4oc5ccccc5c34)nc3oc4ccc(-c5ccc6c(c5)c5cc7ccccc7cc5n6-c5ccccc5)cc4c23)cc1. The van der Waals surface area contributed by atoms with Gasteiger partial charge >= 0.3 is 0 Å². The molecule has 0 fully saturated rings. The zero-order valence-corrected chi connectivity index (χ0v) is 29.4. The molecule has 0 atom stereocenters. The highest BCUT2D eigenvalue weighted by molar-refractivity contribution is 6.16. The van der Waals surface area contributed by atoms with E-state index in [0.29, 0.717) is 11.5 Å². The van der Waals surface area contributed by atoms with Gasteiger partial charge in [-0.05, 0) is 82.6 Å². The minimum absolute atomic E-state index is 0.550. The minimum Gasteiger partial charge on any atom is -0.456 e. The highest BCUT2D eigenvalue weighted by Crippen LogP contribution is 2.42. The third-order valence-electron chi connectivity index (χ3n) is 11.0. The topological polar surface area (TPSA) is 57.0 Å². The first-order chi connectivity index (χ1) is 27.2. The summed E-state index contributed by atoms with van der Waals surface area (Å²) in [6.45, 7) is 0. The van der Waals surface area contributed by atoms with Crippen molar-refractivity contribution in [3.05, 3.63) is 176 Å². The Morgan fingerprint density at radius 2 is 1.07 bits per heavy atom. The number of benzene rings is 8. The van der Waals surface area contributed by atoms with E-state index in [0.717, 1.165) is 71.9 Å². The molecule has 5 nitrogen and oxygen atoms in total. The predicted octanol–water partition coefficient (Wildman–Crippen LogP) is 13.5. The maximum absolute atomic E-state index is 6.59. The van der Waals surface area contributed by atoms with Crippen LogP contribution in [0.3, 0.4) is 0 Å². The highest BCUT2D eigenvalue weighted by Gasteiger charge is 2.22. The van der Waals surface area contributed by atoms with Crippen molar-refractivity contribution >= 4 is 76.6 Å². The fraction of sp³-hybridized carbons (Fsp3) is 0.